The number of hydrogen-bond donors (Lipinski definition) is 1. The van der Waals surface area contributed by atoms with Gasteiger partial charge in [-0.2, -0.15) is 0 Å². The highest BCUT2D eigenvalue weighted by Gasteiger charge is 2.19. The standard InChI is InChI=1S/C14H20F2N2/c1-17-9-11-4-6-18(7-5-11)10-12-2-3-13(15)8-14(12)16/h2-3,8,11,17H,4-7,9-10H2,1H3. The second-order valence-electron chi connectivity index (χ2n) is 5.01. The molecule has 0 bridgehead atoms. The molecule has 1 aromatic rings. The molecule has 2 nitrogen and oxygen atoms in total. The maximum atomic E-state index is 13.5. The Hall–Kier alpha value is -1.00. The SMILES string of the molecule is CNCC1CCN(Cc2ccc(F)cc2F)CC1. The second kappa shape index (κ2) is 6.25. The summed E-state index contributed by atoms with van der Waals surface area (Å²) < 4.78 is 26.3. The summed E-state index contributed by atoms with van der Waals surface area (Å²) in [6.45, 7) is 3.61. The van der Waals surface area contributed by atoms with Crippen LogP contribution in [0.4, 0.5) is 8.78 Å². The van der Waals surface area contributed by atoms with Crippen molar-refractivity contribution in [1.29, 1.82) is 0 Å². The lowest BCUT2D eigenvalue weighted by Crippen LogP contribution is -2.36. The van der Waals surface area contributed by atoms with E-state index in [9.17, 15) is 8.78 Å². The van der Waals surface area contributed by atoms with Crippen LogP contribution in [0.3, 0.4) is 0 Å². The number of nitrogens with one attached hydrogen (secondary N) is 1. The lowest BCUT2D eigenvalue weighted by atomic mass is 9.96. The van der Waals surface area contributed by atoms with Crippen LogP contribution in [0.1, 0.15) is 18.4 Å². The summed E-state index contributed by atoms with van der Waals surface area (Å²) in [7, 11) is 1.97. The third-order valence-electron chi connectivity index (χ3n) is 3.61. The highest BCUT2D eigenvalue weighted by Crippen LogP contribution is 2.19. The number of likely N-dealkylation sites (tertiary alicyclic amines) is 1. The fraction of sp³-hybridized carbons (Fsp3) is 0.571. The van der Waals surface area contributed by atoms with Gasteiger partial charge in [-0.05, 0) is 51.5 Å². The van der Waals surface area contributed by atoms with Gasteiger partial charge in [-0.3, -0.25) is 4.90 Å². The minimum atomic E-state index is -0.510. The first-order chi connectivity index (χ1) is 8.69. The van der Waals surface area contributed by atoms with Crippen LogP contribution in [-0.4, -0.2) is 31.6 Å². The minimum absolute atomic E-state index is 0.438. The molecule has 0 aliphatic carbocycles. The summed E-state index contributed by atoms with van der Waals surface area (Å²) in [5, 5.41) is 3.20. The summed E-state index contributed by atoms with van der Waals surface area (Å²) in [4.78, 5) is 2.24. The van der Waals surface area contributed by atoms with Gasteiger partial charge < -0.3 is 5.32 Å². The molecule has 1 aliphatic rings. The largest absolute Gasteiger partial charge is 0.319 e. The van der Waals surface area contributed by atoms with E-state index in [1.165, 1.54) is 6.07 Å². The Morgan fingerprint density at radius 3 is 2.61 bits per heavy atom. The van der Waals surface area contributed by atoms with Gasteiger partial charge in [-0.25, -0.2) is 8.78 Å². The van der Waals surface area contributed by atoms with Crippen molar-refractivity contribution < 1.29 is 8.78 Å². The molecular formula is C14H20F2N2. The highest BCUT2D eigenvalue weighted by molar-refractivity contribution is 5.18. The number of benzene rings is 1. The third-order valence-corrected chi connectivity index (χ3v) is 3.61. The molecule has 18 heavy (non-hydrogen) atoms. The van der Waals surface area contributed by atoms with Gasteiger partial charge >= 0.3 is 0 Å². The molecule has 2 rings (SSSR count). The Kier molecular flexibility index (Phi) is 4.66. The van der Waals surface area contributed by atoms with E-state index in [0.717, 1.165) is 44.5 Å². The zero-order valence-corrected chi connectivity index (χ0v) is 10.8. The molecule has 0 spiro atoms. The molecule has 100 valence electrons. The van der Waals surface area contributed by atoms with Crippen molar-refractivity contribution in [3.05, 3.63) is 35.4 Å². The van der Waals surface area contributed by atoms with Gasteiger partial charge in [0.1, 0.15) is 11.6 Å². The van der Waals surface area contributed by atoms with Crippen LogP contribution in [0.15, 0.2) is 18.2 Å². The van der Waals surface area contributed by atoms with Crippen molar-refractivity contribution in [3.8, 4) is 0 Å². The average Bonchev–Trinajstić information content (AvgIpc) is 2.35. The van der Waals surface area contributed by atoms with E-state index in [1.54, 1.807) is 6.07 Å². The van der Waals surface area contributed by atoms with Gasteiger partial charge in [0.2, 0.25) is 0 Å². The highest BCUT2D eigenvalue weighted by atomic mass is 19.1. The zero-order chi connectivity index (χ0) is 13.0. The second-order valence-corrected chi connectivity index (χ2v) is 5.01. The minimum Gasteiger partial charge on any atom is -0.319 e. The summed E-state index contributed by atoms with van der Waals surface area (Å²) >= 11 is 0. The smallest absolute Gasteiger partial charge is 0.130 e. The first kappa shape index (κ1) is 13.4. The van der Waals surface area contributed by atoms with E-state index in [2.05, 4.69) is 10.2 Å². The van der Waals surface area contributed by atoms with Crippen molar-refractivity contribution in [2.45, 2.75) is 19.4 Å². The molecule has 1 aromatic carbocycles. The van der Waals surface area contributed by atoms with Crippen LogP contribution >= 0.6 is 0 Å². The van der Waals surface area contributed by atoms with E-state index in [0.29, 0.717) is 12.1 Å². The molecule has 4 heteroatoms. The maximum absolute atomic E-state index is 13.5. The predicted octanol–water partition coefficient (Wildman–Crippen LogP) is 2.40. The fourth-order valence-electron chi connectivity index (χ4n) is 2.53. The quantitative estimate of drug-likeness (QED) is 0.887. The fourth-order valence-corrected chi connectivity index (χ4v) is 2.53. The topological polar surface area (TPSA) is 15.3 Å². The molecule has 0 amide bonds. The Morgan fingerprint density at radius 2 is 2.00 bits per heavy atom. The summed E-state index contributed by atoms with van der Waals surface area (Å²) in [6, 6.07) is 3.83. The van der Waals surface area contributed by atoms with Gasteiger partial charge in [0, 0.05) is 18.2 Å². The third kappa shape index (κ3) is 3.50. The monoisotopic (exact) mass is 254 g/mol. The molecular weight excluding hydrogens is 234 g/mol. The molecule has 1 heterocycles. The van der Waals surface area contributed by atoms with E-state index in [4.69, 9.17) is 0 Å². The Morgan fingerprint density at radius 1 is 1.28 bits per heavy atom. The Bertz CT molecular complexity index is 387. The van der Waals surface area contributed by atoms with Crippen molar-refractivity contribution >= 4 is 0 Å². The maximum Gasteiger partial charge on any atom is 0.130 e. The molecule has 0 unspecified atom stereocenters. The number of nitrogens with zero attached hydrogens (tertiary/aromatic N) is 1. The number of rotatable bonds is 4. The first-order valence-corrected chi connectivity index (χ1v) is 6.50. The van der Waals surface area contributed by atoms with E-state index in [1.807, 2.05) is 7.05 Å². The first-order valence-electron chi connectivity index (χ1n) is 6.50. The normalized spacial score (nSPS) is 18.2. The van der Waals surface area contributed by atoms with Crippen molar-refractivity contribution in [1.82, 2.24) is 10.2 Å². The molecule has 1 fully saturated rings. The van der Waals surface area contributed by atoms with Crippen LogP contribution in [0.25, 0.3) is 0 Å². The summed E-state index contributed by atoms with van der Waals surface area (Å²) in [5.41, 5.74) is 0.587. The van der Waals surface area contributed by atoms with Crippen LogP contribution in [-0.2, 0) is 6.54 Å². The summed E-state index contributed by atoms with van der Waals surface area (Å²) in [5.74, 6) is -0.222. The summed E-state index contributed by atoms with van der Waals surface area (Å²) in [6.07, 6.45) is 2.29. The van der Waals surface area contributed by atoms with Crippen molar-refractivity contribution in [2.75, 3.05) is 26.7 Å². The van der Waals surface area contributed by atoms with Crippen LogP contribution in [0, 0.1) is 17.6 Å². The zero-order valence-electron chi connectivity index (χ0n) is 10.8. The number of hydrogen-bond acceptors (Lipinski definition) is 2. The van der Waals surface area contributed by atoms with Crippen LogP contribution in [0.2, 0.25) is 0 Å². The lowest BCUT2D eigenvalue weighted by molar-refractivity contribution is 0.175. The van der Waals surface area contributed by atoms with E-state index in [-0.39, 0.29) is 0 Å². The molecule has 1 saturated heterocycles. The lowest BCUT2D eigenvalue weighted by Gasteiger charge is -2.31. The molecule has 0 atom stereocenters. The molecule has 1 aliphatic heterocycles. The Balaban J connectivity index is 1.87. The van der Waals surface area contributed by atoms with Crippen molar-refractivity contribution in [3.63, 3.8) is 0 Å². The Labute approximate surface area is 107 Å². The van der Waals surface area contributed by atoms with Crippen LogP contribution < -0.4 is 5.32 Å². The van der Waals surface area contributed by atoms with E-state index < -0.39 is 11.6 Å². The number of piperidine rings is 1. The molecule has 0 saturated carbocycles. The van der Waals surface area contributed by atoms with Gasteiger partial charge in [0.05, 0.1) is 0 Å². The van der Waals surface area contributed by atoms with Gasteiger partial charge in [-0.1, -0.05) is 6.07 Å². The van der Waals surface area contributed by atoms with E-state index >= 15 is 0 Å². The van der Waals surface area contributed by atoms with Gasteiger partial charge in [0.15, 0.2) is 0 Å². The number of halogens is 2. The van der Waals surface area contributed by atoms with Gasteiger partial charge in [-0.15, -0.1) is 0 Å². The molecule has 0 radical (unpaired) electrons. The molecule has 1 N–H and O–H groups in total. The van der Waals surface area contributed by atoms with Crippen molar-refractivity contribution in [2.24, 2.45) is 5.92 Å². The predicted molar refractivity (Wildman–Crippen MR) is 68.3 cm³/mol. The average molecular weight is 254 g/mol. The van der Waals surface area contributed by atoms with Gasteiger partial charge in [0.25, 0.3) is 0 Å². The molecule has 0 aromatic heterocycles. The van der Waals surface area contributed by atoms with Crippen LogP contribution in [0.5, 0.6) is 0 Å².